The Morgan fingerprint density at radius 2 is 1.64 bits per heavy atom. The second-order valence-electron chi connectivity index (χ2n) is 7.24. The highest BCUT2D eigenvalue weighted by Gasteiger charge is 2.12. The Morgan fingerprint density at radius 1 is 0.909 bits per heavy atom. The Kier molecular flexibility index (Phi) is 10.4. The lowest BCUT2D eigenvalue weighted by Crippen LogP contribution is -2.21. The fourth-order valence-corrected chi connectivity index (χ4v) is 2.91. The number of rotatable bonds is 11. The fraction of sp³-hybridized carbons (Fsp3) is 0.333. The molecule has 0 atom stereocenters. The standard InChI is InChI=1S/C24H27ClN2O6/c1-3-14-32-24(31)17-10-12-18(13-11-17)26-21(28)8-5-9-23(30)33-15-22(29)27-20-7-4-6-19(25)16(20)2/h4,6-7,10-13H,3,5,8-9,14-15H2,1-2H3,(H,26,28)(H,27,29). The van der Waals surface area contributed by atoms with E-state index in [9.17, 15) is 19.2 Å². The molecule has 0 aliphatic rings. The summed E-state index contributed by atoms with van der Waals surface area (Å²) < 4.78 is 10.00. The third-order valence-electron chi connectivity index (χ3n) is 4.53. The highest BCUT2D eigenvalue weighted by Crippen LogP contribution is 2.22. The molecule has 2 N–H and O–H groups in total. The molecular formula is C24H27ClN2O6. The number of amides is 2. The second kappa shape index (κ2) is 13.2. The van der Waals surface area contributed by atoms with E-state index in [1.807, 2.05) is 6.92 Å². The van der Waals surface area contributed by atoms with Crippen LogP contribution in [0, 0.1) is 6.92 Å². The van der Waals surface area contributed by atoms with Crippen LogP contribution in [0.2, 0.25) is 5.02 Å². The Labute approximate surface area is 197 Å². The molecule has 2 amide bonds. The van der Waals surface area contributed by atoms with Crippen molar-refractivity contribution in [3.63, 3.8) is 0 Å². The number of halogens is 1. The van der Waals surface area contributed by atoms with E-state index in [4.69, 9.17) is 21.1 Å². The van der Waals surface area contributed by atoms with Gasteiger partial charge in [-0.3, -0.25) is 14.4 Å². The molecule has 33 heavy (non-hydrogen) atoms. The van der Waals surface area contributed by atoms with Gasteiger partial charge in [-0.05, 0) is 61.7 Å². The molecule has 2 rings (SSSR count). The topological polar surface area (TPSA) is 111 Å². The van der Waals surface area contributed by atoms with Crippen molar-refractivity contribution in [3.8, 4) is 0 Å². The molecule has 0 fully saturated rings. The van der Waals surface area contributed by atoms with E-state index >= 15 is 0 Å². The predicted octanol–water partition coefficient (Wildman–Crippen LogP) is 4.51. The van der Waals surface area contributed by atoms with Gasteiger partial charge in [0.2, 0.25) is 5.91 Å². The van der Waals surface area contributed by atoms with Crippen LogP contribution in [-0.2, 0) is 23.9 Å². The van der Waals surface area contributed by atoms with Crippen molar-refractivity contribution < 1.29 is 28.7 Å². The van der Waals surface area contributed by atoms with Crippen molar-refractivity contribution >= 4 is 46.7 Å². The number of hydrogen-bond donors (Lipinski definition) is 2. The van der Waals surface area contributed by atoms with E-state index in [-0.39, 0.29) is 25.2 Å². The van der Waals surface area contributed by atoms with Crippen molar-refractivity contribution in [2.45, 2.75) is 39.5 Å². The van der Waals surface area contributed by atoms with Crippen molar-refractivity contribution in [2.75, 3.05) is 23.8 Å². The number of benzene rings is 2. The molecular weight excluding hydrogens is 448 g/mol. The van der Waals surface area contributed by atoms with E-state index < -0.39 is 24.5 Å². The largest absolute Gasteiger partial charge is 0.462 e. The van der Waals surface area contributed by atoms with E-state index in [0.717, 1.165) is 12.0 Å². The van der Waals surface area contributed by atoms with Crippen LogP contribution in [-0.4, -0.2) is 37.0 Å². The summed E-state index contributed by atoms with van der Waals surface area (Å²) in [5.74, 6) is -1.74. The third-order valence-corrected chi connectivity index (χ3v) is 4.94. The van der Waals surface area contributed by atoms with Crippen LogP contribution in [0.25, 0.3) is 0 Å². The van der Waals surface area contributed by atoms with Crippen LogP contribution in [0.15, 0.2) is 42.5 Å². The molecule has 0 aromatic heterocycles. The van der Waals surface area contributed by atoms with Gasteiger partial charge in [-0.1, -0.05) is 24.6 Å². The SMILES string of the molecule is CCCOC(=O)c1ccc(NC(=O)CCCC(=O)OCC(=O)Nc2cccc(Cl)c2C)cc1. The highest BCUT2D eigenvalue weighted by molar-refractivity contribution is 6.31. The summed E-state index contributed by atoms with van der Waals surface area (Å²) in [5.41, 5.74) is 2.20. The summed E-state index contributed by atoms with van der Waals surface area (Å²) in [6.45, 7) is 3.60. The minimum Gasteiger partial charge on any atom is -0.462 e. The van der Waals surface area contributed by atoms with E-state index in [0.29, 0.717) is 28.6 Å². The molecule has 176 valence electrons. The van der Waals surface area contributed by atoms with Crippen LogP contribution in [0.5, 0.6) is 0 Å². The van der Waals surface area contributed by atoms with E-state index in [1.54, 1.807) is 49.4 Å². The van der Waals surface area contributed by atoms with E-state index in [2.05, 4.69) is 10.6 Å². The first kappa shape index (κ1) is 25.9. The maximum absolute atomic E-state index is 12.1. The minimum absolute atomic E-state index is 0.000893. The van der Waals surface area contributed by atoms with Crippen LogP contribution < -0.4 is 10.6 Å². The predicted molar refractivity (Wildman–Crippen MR) is 125 cm³/mol. The van der Waals surface area contributed by atoms with Gasteiger partial charge in [0.05, 0.1) is 12.2 Å². The average molecular weight is 475 g/mol. The lowest BCUT2D eigenvalue weighted by molar-refractivity contribution is -0.147. The molecule has 0 unspecified atom stereocenters. The summed E-state index contributed by atoms with van der Waals surface area (Å²) >= 11 is 6.01. The number of esters is 2. The van der Waals surface area contributed by atoms with Crippen molar-refractivity contribution in [1.82, 2.24) is 0 Å². The average Bonchev–Trinajstić information content (AvgIpc) is 2.79. The minimum atomic E-state index is -0.573. The van der Waals surface area contributed by atoms with Crippen molar-refractivity contribution in [3.05, 3.63) is 58.6 Å². The highest BCUT2D eigenvalue weighted by atomic mass is 35.5. The smallest absolute Gasteiger partial charge is 0.338 e. The number of anilines is 2. The van der Waals surface area contributed by atoms with Gasteiger partial charge in [-0.15, -0.1) is 0 Å². The Bertz CT molecular complexity index is 991. The molecule has 2 aromatic rings. The maximum Gasteiger partial charge on any atom is 0.338 e. The fourth-order valence-electron chi connectivity index (χ4n) is 2.73. The van der Waals surface area contributed by atoms with Crippen molar-refractivity contribution in [2.24, 2.45) is 0 Å². The van der Waals surface area contributed by atoms with Crippen molar-refractivity contribution in [1.29, 1.82) is 0 Å². The van der Waals surface area contributed by atoms with E-state index in [1.165, 1.54) is 0 Å². The molecule has 8 nitrogen and oxygen atoms in total. The monoisotopic (exact) mass is 474 g/mol. The van der Waals surface area contributed by atoms with Gasteiger partial charge in [0.25, 0.3) is 5.91 Å². The number of carbonyl (C=O) groups is 4. The summed E-state index contributed by atoms with van der Waals surface area (Å²) in [7, 11) is 0. The van der Waals surface area contributed by atoms with Gasteiger partial charge in [0.15, 0.2) is 6.61 Å². The summed E-state index contributed by atoms with van der Waals surface area (Å²) in [6, 6.07) is 11.5. The summed E-state index contributed by atoms with van der Waals surface area (Å²) in [4.78, 5) is 47.6. The molecule has 0 bridgehead atoms. The first-order chi connectivity index (χ1) is 15.8. The Balaban J connectivity index is 1.66. The molecule has 0 saturated heterocycles. The van der Waals surface area contributed by atoms with Gasteiger partial charge >= 0.3 is 11.9 Å². The quantitative estimate of drug-likeness (QED) is 0.464. The molecule has 0 spiro atoms. The molecule has 0 saturated carbocycles. The molecule has 0 aliphatic heterocycles. The lowest BCUT2D eigenvalue weighted by Gasteiger charge is -2.10. The zero-order valence-electron chi connectivity index (χ0n) is 18.6. The molecule has 2 aromatic carbocycles. The van der Waals surface area contributed by atoms with Gasteiger partial charge in [0.1, 0.15) is 0 Å². The maximum atomic E-state index is 12.1. The number of nitrogens with one attached hydrogen (secondary N) is 2. The zero-order chi connectivity index (χ0) is 24.2. The number of carbonyl (C=O) groups excluding carboxylic acids is 4. The Hall–Kier alpha value is -3.39. The molecule has 9 heteroatoms. The first-order valence-corrected chi connectivity index (χ1v) is 11.0. The third kappa shape index (κ3) is 8.94. The number of hydrogen-bond acceptors (Lipinski definition) is 6. The van der Waals surface area contributed by atoms with Crippen LogP contribution in [0.1, 0.15) is 48.5 Å². The van der Waals surface area contributed by atoms with Gasteiger partial charge < -0.3 is 20.1 Å². The zero-order valence-corrected chi connectivity index (χ0v) is 19.4. The summed E-state index contributed by atoms with van der Waals surface area (Å²) in [5, 5.41) is 5.85. The first-order valence-electron chi connectivity index (χ1n) is 10.6. The van der Waals surface area contributed by atoms with Gasteiger partial charge in [-0.25, -0.2) is 4.79 Å². The molecule has 0 heterocycles. The normalized spacial score (nSPS) is 10.3. The number of ether oxygens (including phenoxy) is 2. The second-order valence-corrected chi connectivity index (χ2v) is 7.64. The van der Waals surface area contributed by atoms with Crippen LogP contribution in [0.4, 0.5) is 11.4 Å². The van der Waals surface area contributed by atoms with Gasteiger partial charge in [-0.2, -0.15) is 0 Å². The lowest BCUT2D eigenvalue weighted by atomic mass is 10.2. The van der Waals surface area contributed by atoms with Gasteiger partial charge in [0, 0.05) is 29.2 Å². The Morgan fingerprint density at radius 3 is 2.33 bits per heavy atom. The van der Waals surface area contributed by atoms with Crippen LogP contribution >= 0.6 is 11.6 Å². The molecule has 0 radical (unpaired) electrons. The molecule has 0 aliphatic carbocycles. The van der Waals surface area contributed by atoms with Crippen LogP contribution in [0.3, 0.4) is 0 Å². The summed E-state index contributed by atoms with van der Waals surface area (Å²) in [6.07, 6.45) is 1.10.